The maximum atomic E-state index is 14.0. The minimum absolute atomic E-state index is 0.135. The first-order chi connectivity index (χ1) is 10.6. The summed E-state index contributed by atoms with van der Waals surface area (Å²) in [6, 6.07) is 0.306. The quantitative estimate of drug-likeness (QED) is 0.399. The molecular formula is C13H10BF3N2O4. The monoisotopic (exact) mass is 326 g/mol. The zero-order chi connectivity index (χ0) is 17.4. The molecule has 1 aromatic heterocycles. The molecule has 0 radical (unpaired) electrons. The largest absolute Gasteiger partial charge is 0.491 e. The van der Waals surface area contributed by atoms with Crippen LogP contribution in [0.25, 0.3) is 0 Å². The van der Waals surface area contributed by atoms with Gasteiger partial charge >= 0.3 is 7.12 Å². The second-order valence-electron chi connectivity index (χ2n) is 4.77. The molecule has 2 rings (SSSR count). The fourth-order valence-corrected chi connectivity index (χ4v) is 1.65. The first-order valence-corrected chi connectivity index (χ1v) is 6.23. The highest BCUT2D eigenvalue weighted by atomic mass is 19.2. The number of benzene rings is 1. The van der Waals surface area contributed by atoms with Crippen molar-refractivity contribution in [2.75, 3.05) is 0 Å². The van der Waals surface area contributed by atoms with E-state index in [4.69, 9.17) is 14.5 Å². The zero-order valence-corrected chi connectivity index (χ0v) is 11.9. The van der Waals surface area contributed by atoms with Crippen LogP contribution in [0.3, 0.4) is 0 Å². The van der Waals surface area contributed by atoms with Gasteiger partial charge in [-0.2, -0.15) is 0 Å². The van der Waals surface area contributed by atoms with Crippen LogP contribution in [-0.2, 0) is 5.60 Å². The SMILES string of the molecule is Cc1nnc([C@](C)(O)C#Cc2c(F)c(F)cc(B(O)O)c2F)o1. The smallest absolute Gasteiger partial charge is 0.423 e. The predicted molar refractivity (Wildman–Crippen MR) is 71.6 cm³/mol. The summed E-state index contributed by atoms with van der Waals surface area (Å²) in [5.74, 6) is -0.782. The molecule has 0 saturated heterocycles. The molecule has 0 unspecified atom stereocenters. The molecule has 0 aliphatic rings. The van der Waals surface area contributed by atoms with Gasteiger partial charge in [-0.25, -0.2) is 13.2 Å². The van der Waals surface area contributed by atoms with Crippen LogP contribution in [-0.4, -0.2) is 32.5 Å². The molecule has 2 aromatic rings. The van der Waals surface area contributed by atoms with E-state index >= 15 is 0 Å². The third-order valence-corrected chi connectivity index (χ3v) is 2.84. The van der Waals surface area contributed by atoms with Crippen molar-refractivity contribution in [3.05, 3.63) is 40.9 Å². The number of nitrogens with zero attached hydrogens (tertiary/aromatic N) is 2. The van der Waals surface area contributed by atoms with Gasteiger partial charge in [-0.3, -0.25) is 0 Å². The summed E-state index contributed by atoms with van der Waals surface area (Å²) in [7, 11) is -2.36. The number of halogens is 3. The molecule has 120 valence electrons. The Hall–Kier alpha value is -2.35. The van der Waals surface area contributed by atoms with Crippen molar-refractivity contribution >= 4 is 12.6 Å². The fraction of sp³-hybridized carbons (Fsp3) is 0.231. The maximum absolute atomic E-state index is 14.0. The van der Waals surface area contributed by atoms with E-state index in [0.29, 0.717) is 6.07 Å². The van der Waals surface area contributed by atoms with Crippen molar-refractivity contribution in [2.24, 2.45) is 0 Å². The van der Waals surface area contributed by atoms with Crippen molar-refractivity contribution in [1.29, 1.82) is 0 Å². The number of aromatic nitrogens is 2. The number of aryl methyl sites for hydroxylation is 1. The molecule has 1 heterocycles. The minimum atomic E-state index is -2.36. The van der Waals surface area contributed by atoms with E-state index in [2.05, 4.69) is 16.1 Å². The lowest BCUT2D eigenvalue weighted by Crippen LogP contribution is -2.34. The molecule has 0 aliphatic carbocycles. The lowest BCUT2D eigenvalue weighted by Gasteiger charge is -2.10. The molecule has 0 saturated carbocycles. The second-order valence-corrected chi connectivity index (χ2v) is 4.77. The molecule has 10 heteroatoms. The van der Waals surface area contributed by atoms with E-state index in [0.717, 1.165) is 6.92 Å². The van der Waals surface area contributed by atoms with Crippen LogP contribution in [0, 0.1) is 36.2 Å². The van der Waals surface area contributed by atoms with Crippen LogP contribution in [0.15, 0.2) is 10.5 Å². The van der Waals surface area contributed by atoms with E-state index in [-0.39, 0.29) is 11.8 Å². The molecule has 3 N–H and O–H groups in total. The molecular weight excluding hydrogens is 316 g/mol. The molecule has 1 aromatic carbocycles. The van der Waals surface area contributed by atoms with Crippen LogP contribution in [0.1, 0.15) is 24.3 Å². The highest BCUT2D eigenvalue weighted by Gasteiger charge is 2.28. The van der Waals surface area contributed by atoms with Gasteiger partial charge in [0.15, 0.2) is 11.6 Å². The predicted octanol–water partition coefficient (Wildman–Crippen LogP) is -0.266. The summed E-state index contributed by atoms with van der Waals surface area (Å²) in [5.41, 5.74) is -4.00. The lowest BCUT2D eigenvalue weighted by molar-refractivity contribution is 0.0881. The highest BCUT2D eigenvalue weighted by molar-refractivity contribution is 6.58. The molecule has 23 heavy (non-hydrogen) atoms. The van der Waals surface area contributed by atoms with Gasteiger partial charge in [0.05, 0.1) is 5.56 Å². The zero-order valence-electron chi connectivity index (χ0n) is 11.9. The van der Waals surface area contributed by atoms with E-state index in [1.165, 1.54) is 6.92 Å². The van der Waals surface area contributed by atoms with Crippen molar-refractivity contribution in [2.45, 2.75) is 19.4 Å². The van der Waals surface area contributed by atoms with Crippen molar-refractivity contribution in [1.82, 2.24) is 10.2 Å². The van der Waals surface area contributed by atoms with Gasteiger partial charge in [0.2, 0.25) is 11.5 Å². The molecule has 0 amide bonds. The summed E-state index contributed by atoms with van der Waals surface area (Å²) in [6.07, 6.45) is 0. The number of rotatable bonds is 2. The Balaban J connectivity index is 2.53. The first kappa shape index (κ1) is 17.0. The summed E-state index contributed by atoms with van der Waals surface area (Å²) in [4.78, 5) is 0. The third kappa shape index (κ3) is 3.37. The number of hydrogen-bond donors (Lipinski definition) is 3. The van der Waals surface area contributed by atoms with Crippen molar-refractivity contribution < 1.29 is 32.7 Å². The summed E-state index contributed by atoms with van der Waals surface area (Å²) in [5, 5.41) is 35.0. The molecule has 6 nitrogen and oxygen atoms in total. The van der Waals surface area contributed by atoms with Gasteiger partial charge in [0, 0.05) is 12.4 Å². The normalized spacial score (nSPS) is 13.2. The molecule has 0 aliphatic heterocycles. The average molecular weight is 326 g/mol. The van der Waals surface area contributed by atoms with Gasteiger partial charge in [0.1, 0.15) is 5.82 Å². The van der Waals surface area contributed by atoms with E-state index in [1.54, 1.807) is 0 Å². The van der Waals surface area contributed by atoms with Crippen LogP contribution >= 0.6 is 0 Å². The topological polar surface area (TPSA) is 99.6 Å². The van der Waals surface area contributed by atoms with Crippen LogP contribution in [0.5, 0.6) is 0 Å². The second kappa shape index (κ2) is 6.04. The number of hydrogen-bond acceptors (Lipinski definition) is 6. The lowest BCUT2D eigenvalue weighted by atomic mass is 9.78. The standard InChI is InChI=1S/C13H10BF3N2O4/c1-6-18-19-12(23-6)13(2,20)4-3-7-10(16)8(14(21)22)5-9(15)11(7)17/h5,20-22H,1-2H3/t13-/m1/s1. The summed E-state index contributed by atoms with van der Waals surface area (Å²) >= 11 is 0. The number of aliphatic hydroxyl groups is 1. The Labute approximate surface area is 128 Å². The Morgan fingerprint density at radius 3 is 2.39 bits per heavy atom. The molecule has 0 bridgehead atoms. The highest BCUT2D eigenvalue weighted by Crippen LogP contribution is 2.19. The van der Waals surface area contributed by atoms with Gasteiger partial charge in [-0.1, -0.05) is 11.8 Å². The van der Waals surface area contributed by atoms with Gasteiger partial charge in [0.25, 0.3) is 5.89 Å². The van der Waals surface area contributed by atoms with E-state index in [1.807, 2.05) is 5.92 Å². The Bertz CT molecular complexity index is 812. The van der Waals surface area contributed by atoms with Gasteiger partial charge in [-0.05, 0) is 13.0 Å². The molecule has 1 atom stereocenters. The Kier molecular flexibility index (Phi) is 4.47. The van der Waals surface area contributed by atoms with Crippen molar-refractivity contribution in [3.8, 4) is 11.8 Å². The van der Waals surface area contributed by atoms with E-state index < -0.39 is 41.2 Å². The average Bonchev–Trinajstić information content (AvgIpc) is 2.90. The van der Waals surface area contributed by atoms with Crippen LogP contribution in [0.4, 0.5) is 13.2 Å². The van der Waals surface area contributed by atoms with Crippen molar-refractivity contribution in [3.63, 3.8) is 0 Å². The van der Waals surface area contributed by atoms with E-state index in [9.17, 15) is 18.3 Å². The van der Waals surface area contributed by atoms with Crippen LogP contribution in [0.2, 0.25) is 0 Å². The maximum Gasteiger partial charge on any atom is 0.491 e. The fourth-order valence-electron chi connectivity index (χ4n) is 1.65. The Morgan fingerprint density at radius 1 is 1.22 bits per heavy atom. The Morgan fingerprint density at radius 2 is 1.87 bits per heavy atom. The van der Waals surface area contributed by atoms with Crippen LogP contribution < -0.4 is 5.46 Å². The molecule has 0 fully saturated rings. The summed E-state index contributed by atoms with van der Waals surface area (Å²) < 4.78 is 46.0. The van der Waals surface area contributed by atoms with Gasteiger partial charge in [-0.15, -0.1) is 10.2 Å². The molecule has 0 spiro atoms. The summed E-state index contributed by atoms with van der Waals surface area (Å²) in [6.45, 7) is 2.59. The van der Waals surface area contributed by atoms with Gasteiger partial charge < -0.3 is 19.6 Å². The third-order valence-electron chi connectivity index (χ3n) is 2.84. The minimum Gasteiger partial charge on any atom is -0.423 e. The first-order valence-electron chi connectivity index (χ1n) is 6.23.